The fraction of sp³-hybridized carbons (Fsp3) is 0. The Morgan fingerprint density at radius 2 is 2.27 bits per heavy atom. The van der Waals surface area contributed by atoms with E-state index in [1.54, 1.807) is 0 Å². The molecule has 0 spiro atoms. The van der Waals surface area contributed by atoms with Gasteiger partial charge in [0, 0.05) is 11.2 Å². The van der Waals surface area contributed by atoms with E-state index in [0.717, 1.165) is 0 Å². The molecule has 11 heavy (non-hydrogen) atoms. The van der Waals surface area contributed by atoms with Crippen molar-refractivity contribution in [1.82, 2.24) is 4.98 Å². The van der Waals surface area contributed by atoms with E-state index < -0.39 is 5.97 Å². The molecule has 5 heteroatoms. The number of carboxylic acid groups (broad SMARTS) is 1. The van der Waals surface area contributed by atoms with E-state index in [9.17, 15) is 9.90 Å². The second-order valence-electron chi connectivity index (χ2n) is 1.65. The molecule has 0 aliphatic rings. The monoisotopic (exact) mass is 289 g/mol. The minimum Gasteiger partial charge on any atom is -0.543 e. The number of hydrogen-bond donors (Lipinski definition) is 0. The molecule has 0 aliphatic carbocycles. The van der Waals surface area contributed by atoms with Crippen molar-refractivity contribution in [1.29, 1.82) is 0 Å². The van der Waals surface area contributed by atoms with Crippen molar-refractivity contribution < 1.29 is 78.8 Å². The molecule has 0 saturated carbocycles. The first kappa shape index (κ1) is 12.0. The maximum absolute atomic E-state index is 10.1. The molecule has 0 radical (unpaired) electrons. The van der Waals surface area contributed by atoms with Crippen molar-refractivity contribution in [3.8, 4) is 0 Å². The Kier molecular flexibility index (Phi) is 6.07. The molecule has 1 aromatic rings. The SMILES string of the molecule is O=C([O-])c1cc(Cl)ccn1.[Cs+]. The van der Waals surface area contributed by atoms with Crippen LogP contribution in [0.25, 0.3) is 0 Å². The van der Waals surface area contributed by atoms with Crippen LogP contribution in [-0.4, -0.2) is 11.0 Å². The van der Waals surface area contributed by atoms with Crippen LogP contribution in [0.3, 0.4) is 0 Å². The minimum atomic E-state index is -1.32. The van der Waals surface area contributed by atoms with Crippen LogP contribution >= 0.6 is 11.6 Å². The van der Waals surface area contributed by atoms with Gasteiger partial charge in [0.2, 0.25) is 0 Å². The number of rotatable bonds is 1. The number of carbonyl (C=O) groups excluding carboxylic acids is 1. The molecule has 1 heterocycles. The van der Waals surface area contributed by atoms with Crippen LogP contribution < -0.4 is 74.0 Å². The van der Waals surface area contributed by atoms with E-state index in [4.69, 9.17) is 11.6 Å². The molecule has 0 aliphatic heterocycles. The number of hydrogen-bond acceptors (Lipinski definition) is 3. The zero-order valence-electron chi connectivity index (χ0n) is 5.87. The fourth-order valence-corrected chi connectivity index (χ4v) is 0.676. The van der Waals surface area contributed by atoms with Crippen LogP contribution in [0.1, 0.15) is 10.5 Å². The average Bonchev–Trinajstić information content (AvgIpc) is 1.88. The molecule has 0 N–H and O–H groups in total. The number of carbonyl (C=O) groups is 1. The maximum atomic E-state index is 10.1. The summed E-state index contributed by atoms with van der Waals surface area (Å²) in [5.74, 6) is -1.32. The van der Waals surface area contributed by atoms with E-state index >= 15 is 0 Å². The van der Waals surface area contributed by atoms with Gasteiger partial charge >= 0.3 is 68.9 Å². The zero-order valence-corrected chi connectivity index (χ0v) is 12.9. The Morgan fingerprint density at radius 1 is 1.64 bits per heavy atom. The Bertz CT molecular complexity index is 267. The summed E-state index contributed by atoms with van der Waals surface area (Å²) < 4.78 is 0. The molecule has 1 aromatic heterocycles. The summed E-state index contributed by atoms with van der Waals surface area (Å²) in [6.07, 6.45) is 1.31. The molecule has 1 rings (SSSR count). The van der Waals surface area contributed by atoms with Crippen molar-refractivity contribution in [3.05, 3.63) is 29.0 Å². The van der Waals surface area contributed by atoms with Gasteiger partial charge < -0.3 is 9.90 Å². The van der Waals surface area contributed by atoms with Crippen LogP contribution in [-0.2, 0) is 0 Å². The number of pyridine rings is 1. The van der Waals surface area contributed by atoms with Crippen LogP contribution in [0, 0.1) is 0 Å². The van der Waals surface area contributed by atoms with Gasteiger partial charge in [-0.3, -0.25) is 4.98 Å². The summed E-state index contributed by atoms with van der Waals surface area (Å²) in [7, 11) is 0. The standard InChI is InChI=1S/C6H4ClNO2.Cs/c7-4-1-2-8-5(3-4)6(9)10;/h1-3H,(H,9,10);/q;+1/p-1. The molecular weight excluding hydrogens is 286 g/mol. The summed E-state index contributed by atoms with van der Waals surface area (Å²) in [4.78, 5) is 13.6. The fourth-order valence-electron chi connectivity index (χ4n) is 0.516. The maximum Gasteiger partial charge on any atom is 1.00 e. The largest absolute Gasteiger partial charge is 1.00 e. The Morgan fingerprint density at radius 3 is 2.64 bits per heavy atom. The normalized spacial score (nSPS) is 8.45. The smallest absolute Gasteiger partial charge is 0.543 e. The van der Waals surface area contributed by atoms with Crippen LogP contribution in [0.4, 0.5) is 0 Å². The third-order valence-electron chi connectivity index (χ3n) is 0.931. The predicted octanol–water partition coefficient (Wildman–Crippen LogP) is -2.90. The van der Waals surface area contributed by atoms with Gasteiger partial charge in [-0.05, 0) is 12.1 Å². The van der Waals surface area contributed by atoms with E-state index in [-0.39, 0.29) is 74.6 Å². The third-order valence-corrected chi connectivity index (χ3v) is 1.17. The van der Waals surface area contributed by atoms with Crippen LogP contribution in [0.15, 0.2) is 18.3 Å². The molecular formula is C6H3ClCsNO2. The Hall–Kier alpha value is 0.962. The number of carboxylic acids is 1. The van der Waals surface area contributed by atoms with Crippen molar-refractivity contribution in [2.45, 2.75) is 0 Å². The van der Waals surface area contributed by atoms with E-state index in [0.29, 0.717) is 5.02 Å². The second-order valence-corrected chi connectivity index (χ2v) is 2.08. The third kappa shape index (κ3) is 3.93. The summed E-state index contributed by atoms with van der Waals surface area (Å²) >= 11 is 5.46. The quantitative estimate of drug-likeness (QED) is 0.557. The van der Waals surface area contributed by atoms with Gasteiger partial charge in [0.05, 0.1) is 11.7 Å². The van der Waals surface area contributed by atoms with Crippen LogP contribution in [0.2, 0.25) is 5.02 Å². The topological polar surface area (TPSA) is 53.0 Å². The summed E-state index contributed by atoms with van der Waals surface area (Å²) in [5, 5.41) is 10.5. The second kappa shape index (κ2) is 5.58. The molecule has 3 nitrogen and oxygen atoms in total. The number of aromatic nitrogens is 1. The minimum absolute atomic E-state index is 0. The van der Waals surface area contributed by atoms with Crippen LogP contribution in [0.5, 0.6) is 0 Å². The van der Waals surface area contributed by atoms with Crippen molar-refractivity contribution in [3.63, 3.8) is 0 Å². The van der Waals surface area contributed by atoms with Gasteiger partial charge in [-0.1, -0.05) is 11.6 Å². The predicted molar refractivity (Wildman–Crippen MR) is 33.6 cm³/mol. The van der Waals surface area contributed by atoms with Crippen molar-refractivity contribution in [2.24, 2.45) is 0 Å². The molecule has 0 aromatic carbocycles. The van der Waals surface area contributed by atoms with E-state index in [1.165, 1.54) is 18.3 Å². The Balaban J connectivity index is 0.000001000. The van der Waals surface area contributed by atoms with E-state index in [1.807, 2.05) is 0 Å². The number of aromatic carboxylic acids is 1. The molecule has 0 unspecified atom stereocenters. The first-order valence-corrected chi connectivity index (χ1v) is 2.91. The average molecular weight is 289 g/mol. The zero-order chi connectivity index (χ0) is 7.56. The first-order valence-electron chi connectivity index (χ1n) is 2.53. The van der Waals surface area contributed by atoms with Gasteiger partial charge in [-0.15, -0.1) is 0 Å². The molecule has 0 saturated heterocycles. The van der Waals surface area contributed by atoms with Gasteiger partial charge in [0.25, 0.3) is 0 Å². The van der Waals surface area contributed by atoms with E-state index in [2.05, 4.69) is 4.98 Å². The van der Waals surface area contributed by atoms with Crippen molar-refractivity contribution in [2.75, 3.05) is 0 Å². The molecule has 52 valence electrons. The number of halogens is 1. The first-order chi connectivity index (χ1) is 4.70. The summed E-state index contributed by atoms with van der Waals surface area (Å²) in [6, 6.07) is 2.73. The van der Waals surface area contributed by atoms with Gasteiger partial charge in [0.1, 0.15) is 0 Å². The summed E-state index contributed by atoms with van der Waals surface area (Å²) in [5.41, 5.74) is -0.146. The van der Waals surface area contributed by atoms with Gasteiger partial charge in [-0.25, -0.2) is 0 Å². The van der Waals surface area contributed by atoms with Gasteiger partial charge in [0.15, 0.2) is 0 Å². The Labute approximate surface area is 128 Å². The number of nitrogens with zero attached hydrogens (tertiary/aromatic N) is 1. The molecule has 0 atom stereocenters. The summed E-state index contributed by atoms with van der Waals surface area (Å²) in [6.45, 7) is 0. The molecule has 0 amide bonds. The molecule has 0 bridgehead atoms. The van der Waals surface area contributed by atoms with Gasteiger partial charge in [-0.2, -0.15) is 0 Å². The molecule has 0 fully saturated rings. The van der Waals surface area contributed by atoms with Crippen molar-refractivity contribution >= 4 is 17.6 Å².